The molecular formula is C30H26O6. The van der Waals surface area contributed by atoms with E-state index in [1.807, 2.05) is 60.7 Å². The lowest BCUT2D eigenvalue weighted by atomic mass is 10.2. The molecule has 0 spiro atoms. The molecule has 0 heterocycles. The van der Waals surface area contributed by atoms with Crippen LogP contribution >= 0.6 is 0 Å². The van der Waals surface area contributed by atoms with Crippen molar-refractivity contribution in [3.05, 3.63) is 131 Å². The van der Waals surface area contributed by atoms with Gasteiger partial charge in [0.2, 0.25) is 0 Å². The molecule has 0 atom stereocenters. The first-order valence-electron chi connectivity index (χ1n) is 11.6. The highest BCUT2D eigenvalue weighted by Crippen LogP contribution is 2.16. The van der Waals surface area contributed by atoms with Gasteiger partial charge in [0.05, 0.1) is 11.1 Å². The SMILES string of the molecule is O=C(OCc1ccc(OCCOc2ccc(COC(=O)c3ccccc3)cc2)cc1)c1ccccc1. The van der Waals surface area contributed by atoms with Gasteiger partial charge in [-0.05, 0) is 59.7 Å². The quantitative estimate of drug-likeness (QED) is 0.197. The van der Waals surface area contributed by atoms with Crippen LogP contribution in [0.3, 0.4) is 0 Å². The molecule has 0 unspecified atom stereocenters. The first-order chi connectivity index (χ1) is 17.7. The Hall–Kier alpha value is -4.58. The van der Waals surface area contributed by atoms with E-state index in [1.54, 1.807) is 48.5 Å². The van der Waals surface area contributed by atoms with E-state index in [2.05, 4.69) is 0 Å². The average molecular weight is 483 g/mol. The molecule has 0 N–H and O–H groups in total. The summed E-state index contributed by atoms with van der Waals surface area (Å²) < 4.78 is 22.1. The third-order valence-corrected chi connectivity index (χ3v) is 5.23. The molecule has 0 aliphatic heterocycles. The van der Waals surface area contributed by atoms with Crippen molar-refractivity contribution in [2.24, 2.45) is 0 Å². The lowest BCUT2D eigenvalue weighted by Gasteiger charge is -2.10. The summed E-state index contributed by atoms with van der Waals surface area (Å²) in [5, 5.41) is 0. The molecule has 0 amide bonds. The summed E-state index contributed by atoms with van der Waals surface area (Å²) in [6.07, 6.45) is 0. The van der Waals surface area contributed by atoms with Crippen LogP contribution in [-0.4, -0.2) is 25.2 Å². The number of hydrogen-bond donors (Lipinski definition) is 0. The lowest BCUT2D eigenvalue weighted by molar-refractivity contribution is 0.0464. The van der Waals surface area contributed by atoms with Crippen LogP contribution in [0.4, 0.5) is 0 Å². The van der Waals surface area contributed by atoms with Gasteiger partial charge in [0, 0.05) is 0 Å². The van der Waals surface area contributed by atoms with Crippen LogP contribution in [0.25, 0.3) is 0 Å². The summed E-state index contributed by atoms with van der Waals surface area (Å²) in [5.41, 5.74) is 2.80. The highest BCUT2D eigenvalue weighted by atomic mass is 16.5. The van der Waals surface area contributed by atoms with Crippen LogP contribution in [-0.2, 0) is 22.7 Å². The van der Waals surface area contributed by atoms with Crippen molar-refractivity contribution < 1.29 is 28.5 Å². The van der Waals surface area contributed by atoms with Crippen molar-refractivity contribution in [3.63, 3.8) is 0 Å². The maximum atomic E-state index is 12.0. The van der Waals surface area contributed by atoms with Crippen molar-refractivity contribution in [3.8, 4) is 11.5 Å². The molecule has 0 aromatic heterocycles. The summed E-state index contributed by atoms with van der Waals surface area (Å²) in [5.74, 6) is 0.697. The largest absolute Gasteiger partial charge is 0.490 e. The molecule has 4 aromatic rings. The molecule has 0 saturated carbocycles. The number of rotatable bonds is 11. The zero-order chi connectivity index (χ0) is 25.0. The first kappa shape index (κ1) is 24.5. The van der Waals surface area contributed by atoms with E-state index in [4.69, 9.17) is 18.9 Å². The van der Waals surface area contributed by atoms with Gasteiger partial charge in [0.15, 0.2) is 0 Å². The van der Waals surface area contributed by atoms with Crippen LogP contribution < -0.4 is 9.47 Å². The van der Waals surface area contributed by atoms with Gasteiger partial charge >= 0.3 is 11.9 Å². The second-order valence-electron chi connectivity index (χ2n) is 7.87. The van der Waals surface area contributed by atoms with Crippen molar-refractivity contribution in [1.29, 1.82) is 0 Å². The lowest BCUT2D eigenvalue weighted by Crippen LogP contribution is -2.09. The Bertz CT molecular complexity index is 1140. The molecule has 4 rings (SSSR count). The second kappa shape index (κ2) is 12.8. The van der Waals surface area contributed by atoms with E-state index < -0.39 is 0 Å². The monoisotopic (exact) mass is 482 g/mol. The minimum absolute atomic E-state index is 0.193. The molecule has 0 radical (unpaired) electrons. The zero-order valence-electron chi connectivity index (χ0n) is 19.7. The van der Waals surface area contributed by atoms with Gasteiger partial charge in [-0.1, -0.05) is 60.7 Å². The van der Waals surface area contributed by atoms with Gasteiger partial charge in [0.1, 0.15) is 37.9 Å². The fourth-order valence-electron chi connectivity index (χ4n) is 3.30. The third kappa shape index (κ3) is 7.46. The molecule has 0 saturated heterocycles. The maximum absolute atomic E-state index is 12.0. The maximum Gasteiger partial charge on any atom is 0.338 e. The fourth-order valence-corrected chi connectivity index (χ4v) is 3.30. The molecule has 0 aliphatic carbocycles. The van der Waals surface area contributed by atoms with E-state index in [-0.39, 0.29) is 25.2 Å². The topological polar surface area (TPSA) is 71.1 Å². The molecule has 36 heavy (non-hydrogen) atoms. The number of ether oxygens (including phenoxy) is 4. The molecule has 6 nitrogen and oxygen atoms in total. The normalized spacial score (nSPS) is 10.3. The van der Waals surface area contributed by atoms with Crippen LogP contribution in [0.15, 0.2) is 109 Å². The number of hydrogen-bond acceptors (Lipinski definition) is 6. The molecule has 4 aromatic carbocycles. The van der Waals surface area contributed by atoms with Crippen molar-refractivity contribution in [2.75, 3.05) is 13.2 Å². The van der Waals surface area contributed by atoms with Crippen LogP contribution in [0.5, 0.6) is 11.5 Å². The van der Waals surface area contributed by atoms with E-state index in [1.165, 1.54) is 0 Å². The number of carbonyl (C=O) groups excluding carboxylic acids is 2. The standard InChI is InChI=1S/C30H26O6/c31-29(25-7-3-1-4-8-25)35-21-23-11-15-27(16-12-23)33-19-20-34-28-17-13-24(14-18-28)22-36-30(32)26-9-5-2-6-10-26/h1-18H,19-22H2. The average Bonchev–Trinajstić information content (AvgIpc) is 2.95. The fraction of sp³-hybridized carbons (Fsp3) is 0.133. The van der Waals surface area contributed by atoms with Gasteiger partial charge in [-0.3, -0.25) is 0 Å². The summed E-state index contributed by atoms with van der Waals surface area (Å²) in [6.45, 7) is 1.13. The van der Waals surface area contributed by atoms with Crippen molar-refractivity contribution in [2.45, 2.75) is 13.2 Å². The summed E-state index contributed by atoms with van der Waals surface area (Å²) >= 11 is 0. The summed E-state index contributed by atoms with van der Waals surface area (Å²) in [7, 11) is 0. The first-order valence-corrected chi connectivity index (χ1v) is 11.6. The predicted molar refractivity (Wildman–Crippen MR) is 135 cm³/mol. The summed E-state index contributed by atoms with van der Waals surface area (Å²) in [6, 6.07) is 32.5. The Morgan fingerprint density at radius 3 is 1.19 bits per heavy atom. The van der Waals surface area contributed by atoms with Gasteiger partial charge in [-0.15, -0.1) is 0 Å². The molecular weight excluding hydrogens is 456 g/mol. The van der Waals surface area contributed by atoms with Gasteiger partial charge < -0.3 is 18.9 Å². The van der Waals surface area contributed by atoms with Crippen molar-refractivity contribution in [1.82, 2.24) is 0 Å². The van der Waals surface area contributed by atoms with E-state index in [0.717, 1.165) is 11.1 Å². The molecule has 0 aliphatic rings. The number of benzene rings is 4. The Kier molecular flexibility index (Phi) is 8.70. The molecule has 0 fully saturated rings. The van der Waals surface area contributed by atoms with E-state index in [9.17, 15) is 9.59 Å². The Morgan fingerprint density at radius 2 is 0.833 bits per heavy atom. The summed E-state index contributed by atoms with van der Waals surface area (Å²) in [4.78, 5) is 24.1. The molecule has 6 heteroatoms. The van der Waals surface area contributed by atoms with E-state index >= 15 is 0 Å². The highest BCUT2D eigenvalue weighted by Gasteiger charge is 2.07. The molecule has 0 bridgehead atoms. The number of esters is 2. The third-order valence-electron chi connectivity index (χ3n) is 5.23. The Morgan fingerprint density at radius 1 is 0.472 bits per heavy atom. The minimum Gasteiger partial charge on any atom is -0.490 e. The van der Waals surface area contributed by atoms with Gasteiger partial charge in [-0.2, -0.15) is 0 Å². The van der Waals surface area contributed by atoms with Gasteiger partial charge in [-0.25, -0.2) is 9.59 Å². The second-order valence-corrected chi connectivity index (χ2v) is 7.87. The van der Waals surface area contributed by atoms with Crippen LogP contribution in [0, 0.1) is 0 Å². The minimum atomic E-state index is -0.352. The van der Waals surface area contributed by atoms with Gasteiger partial charge in [0.25, 0.3) is 0 Å². The van der Waals surface area contributed by atoms with E-state index in [0.29, 0.717) is 35.8 Å². The smallest absolute Gasteiger partial charge is 0.338 e. The molecule has 182 valence electrons. The highest BCUT2D eigenvalue weighted by molar-refractivity contribution is 5.89. The Balaban J connectivity index is 1.13. The number of carbonyl (C=O) groups is 2. The van der Waals surface area contributed by atoms with Crippen LogP contribution in [0.2, 0.25) is 0 Å². The van der Waals surface area contributed by atoms with Crippen LogP contribution in [0.1, 0.15) is 31.8 Å². The van der Waals surface area contributed by atoms with Crippen molar-refractivity contribution >= 4 is 11.9 Å². The predicted octanol–water partition coefficient (Wildman–Crippen LogP) is 5.86. The zero-order valence-corrected chi connectivity index (χ0v) is 19.7. The Labute approximate surface area is 210 Å².